The van der Waals surface area contributed by atoms with Crippen LogP contribution in [0.3, 0.4) is 0 Å². The largest absolute Gasteiger partial charge is 0.326 e. The van der Waals surface area contributed by atoms with Crippen molar-refractivity contribution in [3.63, 3.8) is 0 Å². The van der Waals surface area contributed by atoms with Crippen molar-refractivity contribution in [2.45, 2.75) is 25.3 Å². The molecular formula is C15H17ClN2O2S. The van der Waals surface area contributed by atoms with Crippen LogP contribution in [0.1, 0.15) is 16.7 Å². The molecule has 0 atom stereocenters. The molecule has 0 spiro atoms. The molecule has 0 radical (unpaired) electrons. The van der Waals surface area contributed by atoms with E-state index in [1.807, 2.05) is 13.0 Å². The Morgan fingerprint density at radius 1 is 1.14 bits per heavy atom. The highest BCUT2D eigenvalue weighted by Crippen LogP contribution is 2.24. The number of sulfonamides is 1. The number of rotatable bonds is 4. The molecule has 0 bridgehead atoms. The molecule has 0 amide bonds. The molecule has 112 valence electrons. The monoisotopic (exact) mass is 324 g/mol. The fourth-order valence-corrected chi connectivity index (χ4v) is 3.58. The van der Waals surface area contributed by atoms with Crippen molar-refractivity contribution < 1.29 is 8.42 Å². The van der Waals surface area contributed by atoms with Gasteiger partial charge in [0.2, 0.25) is 0 Å². The van der Waals surface area contributed by atoms with Gasteiger partial charge in [-0.2, -0.15) is 0 Å². The average molecular weight is 325 g/mol. The van der Waals surface area contributed by atoms with Gasteiger partial charge >= 0.3 is 0 Å². The zero-order chi connectivity index (χ0) is 15.6. The molecule has 0 saturated carbocycles. The summed E-state index contributed by atoms with van der Waals surface area (Å²) in [5.74, 6) is 0. The van der Waals surface area contributed by atoms with E-state index in [9.17, 15) is 8.42 Å². The highest BCUT2D eigenvalue weighted by molar-refractivity contribution is 7.92. The van der Waals surface area contributed by atoms with Gasteiger partial charge in [-0.15, -0.1) is 0 Å². The first-order valence-electron chi connectivity index (χ1n) is 6.42. The molecule has 4 nitrogen and oxygen atoms in total. The van der Waals surface area contributed by atoms with Crippen molar-refractivity contribution in [2.75, 3.05) is 4.72 Å². The second kappa shape index (κ2) is 6.05. The van der Waals surface area contributed by atoms with Crippen LogP contribution in [0.15, 0.2) is 41.3 Å². The van der Waals surface area contributed by atoms with E-state index in [1.54, 1.807) is 37.3 Å². The molecule has 0 aliphatic rings. The summed E-state index contributed by atoms with van der Waals surface area (Å²) in [4.78, 5) is 0.248. The van der Waals surface area contributed by atoms with Crippen molar-refractivity contribution in [1.29, 1.82) is 0 Å². The van der Waals surface area contributed by atoms with Gasteiger partial charge in [0.05, 0.1) is 4.90 Å². The van der Waals surface area contributed by atoms with E-state index in [0.29, 0.717) is 22.8 Å². The fourth-order valence-electron chi connectivity index (χ4n) is 2.02. The number of nitrogens with two attached hydrogens (primary N) is 1. The maximum absolute atomic E-state index is 12.5. The molecule has 21 heavy (non-hydrogen) atoms. The van der Waals surface area contributed by atoms with Crippen LogP contribution in [0, 0.1) is 13.8 Å². The van der Waals surface area contributed by atoms with Crippen molar-refractivity contribution in [2.24, 2.45) is 5.73 Å². The topological polar surface area (TPSA) is 72.2 Å². The van der Waals surface area contributed by atoms with Gasteiger partial charge < -0.3 is 5.73 Å². The third-order valence-corrected chi connectivity index (χ3v) is 5.06. The van der Waals surface area contributed by atoms with Crippen molar-refractivity contribution in [3.8, 4) is 0 Å². The van der Waals surface area contributed by atoms with E-state index < -0.39 is 10.0 Å². The van der Waals surface area contributed by atoms with Crippen molar-refractivity contribution in [1.82, 2.24) is 0 Å². The minimum Gasteiger partial charge on any atom is -0.326 e. The molecule has 0 heterocycles. The summed E-state index contributed by atoms with van der Waals surface area (Å²) < 4.78 is 27.6. The van der Waals surface area contributed by atoms with Gasteiger partial charge in [-0.3, -0.25) is 4.72 Å². The van der Waals surface area contributed by atoms with Gasteiger partial charge in [0.25, 0.3) is 10.0 Å². The van der Waals surface area contributed by atoms with Crippen molar-refractivity contribution >= 4 is 27.3 Å². The second-order valence-corrected chi connectivity index (χ2v) is 6.94. The lowest BCUT2D eigenvalue weighted by Crippen LogP contribution is -2.15. The van der Waals surface area contributed by atoms with Crippen LogP contribution in [0.4, 0.5) is 5.69 Å². The highest BCUT2D eigenvalue weighted by Gasteiger charge is 2.19. The molecule has 3 N–H and O–H groups in total. The Balaban J connectivity index is 2.44. The molecule has 6 heteroatoms. The maximum Gasteiger partial charge on any atom is 0.262 e. The number of nitrogens with one attached hydrogen (secondary N) is 1. The smallest absolute Gasteiger partial charge is 0.262 e. The van der Waals surface area contributed by atoms with E-state index in [-0.39, 0.29) is 4.90 Å². The van der Waals surface area contributed by atoms with Gasteiger partial charge in [0, 0.05) is 17.3 Å². The lowest BCUT2D eigenvalue weighted by atomic mass is 10.1. The lowest BCUT2D eigenvalue weighted by Gasteiger charge is -2.14. The molecule has 0 saturated heterocycles. The van der Waals surface area contributed by atoms with Gasteiger partial charge in [-0.25, -0.2) is 8.42 Å². The summed E-state index contributed by atoms with van der Waals surface area (Å²) in [7, 11) is -3.66. The van der Waals surface area contributed by atoms with Gasteiger partial charge in [-0.1, -0.05) is 17.7 Å². The Morgan fingerprint density at radius 3 is 2.33 bits per heavy atom. The predicted molar refractivity (Wildman–Crippen MR) is 86.1 cm³/mol. The molecule has 2 aromatic carbocycles. The summed E-state index contributed by atoms with van der Waals surface area (Å²) in [6.07, 6.45) is 0. The third-order valence-electron chi connectivity index (χ3n) is 3.30. The predicted octanol–water partition coefficient (Wildman–Crippen LogP) is 3.22. The van der Waals surface area contributed by atoms with E-state index in [4.69, 9.17) is 17.3 Å². The number of aryl methyl sites for hydroxylation is 1. The Labute approximate surface area is 130 Å². The number of anilines is 1. The van der Waals surface area contributed by atoms with Gasteiger partial charge in [0.1, 0.15) is 0 Å². The van der Waals surface area contributed by atoms with Gasteiger partial charge in [0.15, 0.2) is 0 Å². The molecule has 0 aliphatic carbocycles. The van der Waals surface area contributed by atoms with E-state index in [2.05, 4.69) is 4.72 Å². The second-order valence-electron chi connectivity index (χ2n) is 4.85. The van der Waals surface area contributed by atoms with E-state index >= 15 is 0 Å². The zero-order valence-electron chi connectivity index (χ0n) is 11.9. The highest BCUT2D eigenvalue weighted by atomic mass is 35.5. The van der Waals surface area contributed by atoms with Crippen LogP contribution in [-0.2, 0) is 16.6 Å². The quantitative estimate of drug-likeness (QED) is 0.907. The van der Waals surface area contributed by atoms with Crippen LogP contribution in [0.5, 0.6) is 0 Å². The summed E-state index contributed by atoms with van der Waals surface area (Å²) in [5.41, 5.74) is 8.49. The fraction of sp³-hybridized carbons (Fsp3) is 0.200. The molecule has 0 aromatic heterocycles. The average Bonchev–Trinajstić information content (AvgIpc) is 2.43. The Hall–Kier alpha value is -1.56. The van der Waals surface area contributed by atoms with Crippen LogP contribution < -0.4 is 10.5 Å². The standard InChI is InChI=1S/C15H17ClN2O2S/c1-10-7-12(9-17)8-15(11(10)2)21(19,20)18-14-5-3-13(16)4-6-14/h3-8,18H,9,17H2,1-2H3. The molecule has 2 aromatic rings. The summed E-state index contributed by atoms with van der Waals surface area (Å²) in [5, 5.41) is 0.551. The summed E-state index contributed by atoms with van der Waals surface area (Å²) >= 11 is 5.79. The first-order chi connectivity index (χ1) is 9.83. The minimum absolute atomic E-state index is 0.248. The minimum atomic E-state index is -3.66. The molecular weight excluding hydrogens is 308 g/mol. The number of benzene rings is 2. The summed E-state index contributed by atoms with van der Waals surface area (Å²) in [6.45, 7) is 3.95. The first kappa shape index (κ1) is 15.8. The Kier molecular flexibility index (Phi) is 4.56. The van der Waals surface area contributed by atoms with Crippen molar-refractivity contribution in [3.05, 3.63) is 58.1 Å². The van der Waals surface area contributed by atoms with Crippen LogP contribution in [-0.4, -0.2) is 8.42 Å². The van der Waals surface area contributed by atoms with Gasteiger partial charge in [-0.05, 0) is 60.9 Å². The Bertz CT molecular complexity index is 756. The maximum atomic E-state index is 12.5. The third kappa shape index (κ3) is 3.56. The van der Waals surface area contributed by atoms with E-state index in [1.165, 1.54) is 0 Å². The number of hydrogen-bond acceptors (Lipinski definition) is 3. The molecule has 0 aliphatic heterocycles. The van der Waals surface area contributed by atoms with Crippen LogP contribution >= 0.6 is 11.6 Å². The van der Waals surface area contributed by atoms with Crippen LogP contribution in [0.25, 0.3) is 0 Å². The number of hydrogen-bond donors (Lipinski definition) is 2. The SMILES string of the molecule is Cc1cc(CN)cc(S(=O)(=O)Nc2ccc(Cl)cc2)c1C. The number of halogens is 1. The Morgan fingerprint density at radius 2 is 1.76 bits per heavy atom. The zero-order valence-corrected chi connectivity index (χ0v) is 13.4. The van der Waals surface area contributed by atoms with E-state index in [0.717, 1.165) is 11.1 Å². The lowest BCUT2D eigenvalue weighted by molar-refractivity contribution is 0.600. The normalized spacial score (nSPS) is 11.4. The molecule has 0 fully saturated rings. The first-order valence-corrected chi connectivity index (χ1v) is 8.28. The van der Waals surface area contributed by atoms with Crippen LogP contribution in [0.2, 0.25) is 5.02 Å². The molecule has 2 rings (SSSR count). The molecule has 0 unspecified atom stereocenters. The summed E-state index contributed by atoms with van der Waals surface area (Å²) in [6, 6.07) is 10.0.